The second-order valence-corrected chi connectivity index (χ2v) is 10.7. The third-order valence-electron chi connectivity index (χ3n) is 6.34. The summed E-state index contributed by atoms with van der Waals surface area (Å²) in [4.78, 5) is 52.6. The minimum Gasteiger partial charge on any atom is -0.459 e. The molecule has 0 fully saturated rings. The Kier molecular flexibility index (Phi) is 7.89. The summed E-state index contributed by atoms with van der Waals surface area (Å²) in [6, 6.07) is 20.6. The number of anilines is 2. The van der Waals surface area contributed by atoms with Crippen molar-refractivity contribution in [2.45, 2.75) is 26.3 Å². The summed E-state index contributed by atoms with van der Waals surface area (Å²) in [7, 11) is 0. The van der Waals surface area contributed by atoms with Crippen LogP contribution in [-0.4, -0.2) is 40.2 Å². The van der Waals surface area contributed by atoms with Gasteiger partial charge in [0.15, 0.2) is 11.6 Å². The van der Waals surface area contributed by atoms with E-state index in [1.165, 1.54) is 18.4 Å². The SMILES string of the molecule is CCOC(=O)n1nc(NC(=O)c2ccccc2NC(=O)c2ccco2)c2cc(C(=O)NC(C)(C)c3ccccc3)sc21. The molecule has 3 aromatic heterocycles. The molecule has 0 unspecified atom stereocenters. The van der Waals surface area contributed by atoms with Crippen LogP contribution in [0.3, 0.4) is 0 Å². The van der Waals surface area contributed by atoms with Crippen LogP contribution >= 0.6 is 11.3 Å². The van der Waals surface area contributed by atoms with Crippen LogP contribution in [0, 0.1) is 0 Å². The summed E-state index contributed by atoms with van der Waals surface area (Å²) in [6.07, 6.45) is 0.615. The van der Waals surface area contributed by atoms with E-state index >= 15 is 0 Å². The molecule has 3 heterocycles. The lowest BCUT2D eigenvalue weighted by Crippen LogP contribution is -2.40. The zero-order chi connectivity index (χ0) is 29.9. The highest BCUT2D eigenvalue weighted by atomic mass is 32.1. The quantitative estimate of drug-likeness (QED) is 0.207. The Balaban J connectivity index is 1.45. The molecule has 0 aliphatic rings. The molecule has 0 atom stereocenters. The highest BCUT2D eigenvalue weighted by Crippen LogP contribution is 2.33. The van der Waals surface area contributed by atoms with E-state index in [4.69, 9.17) is 9.15 Å². The van der Waals surface area contributed by atoms with Gasteiger partial charge in [-0.25, -0.2) is 4.79 Å². The molecular weight excluding hydrogens is 558 g/mol. The van der Waals surface area contributed by atoms with E-state index in [0.717, 1.165) is 21.6 Å². The lowest BCUT2D eigenvalue weighted by atomic mass is 9.94. The van der Waals surface area contributed by atoms with Crippen molar-refractivity contribution in [3.8, 4) is 0 Å². The van der Waals surface area contributed by atoms with E-state index in [2.05, 4.69) is 21.0 Å². The number of aromatic nitrogens is 2. The van der Waals surface area contributed by atoms with Gasteiger partial charge in [-0.3, -0.25) is 14.4 Å². The zero-order valence-electron chi connectivity index (χ0n) is 23.0. The highest BCUT2D eigenvalue weighted by Gasteiger charge is 2.28. The molecule has 5 rings (SSSR count). The summed E-state index contributed by atoms with van der Waals surface area (Å²) < 4.78 is 11.3. The molecular formula is C30H27N5O6S. The van der Waals surface area contributed by atoms with Gasteiger partial charge in [-0.1, -0.05) is 42.5 Å². The average molecular weight is 586 g/mol. The molecule has 0 aliphatic carbocycles. The molecule has 0 bridgehead atoms. The molecule has 3 N–H and O–H groups in total. The van der Waals surface area contributed by atoms with Crippen LogP contribution in [-0.2, 0) is 10.3 Å². The van der Waals surface area contributed by atoms with Gasteiger partial charge in [-0.15, -0.1) is 16.4 Å². The summed E-state index contributed by atoms with van der Waals surface area (Å²) in [5, 5.41) is 13.1. The molecule has 2 aromatic carbocycles. The number of hydrogen-bond acceptors (Lipinski definition) is 8. The second kappa shape index (κ2) is 11.7. The number of amides is 3. The second-order valence-electron chi connectivity index (χ2n) is 9.67. The van der Waals surface area contributed by atoms with Crippen molar-refractivity contribution < 1.29 is 28.3 Å². The van der Waals surface area contributed by atoms with E-state index < -0.39 is 23.4 Å². The molecule has 0 saturated heterocycles. The van der Waals surface area contributed by atoms with Crippen LogP contribution < -0.4 is 16.0 Å². The molecule has 0 saturated carbocycles. The Labute approximate surface area is 244 Å². The van der Waals surface area contributed by atoms with Crippen molar-refractivity contribution in [3.05, 3.63) is 101 Å². The van der Waals surface area contributed by atoms with Crippen molar-refractivity contribution in [3.63, 3.8) is 0 Å². The summed E-state index contributed by atoms with van der Waals surface area (Å²) in [5.74, 6) is -1.35. The number of para-hydroxylation sites is 1. The van der Waals surface area contributed by atoms with E-state index in [9.17, 15) is 19.2 Å². The smallest absolute Gasteiger partial charge is 0.436 e. The van der Waals surface area contributed by atoms with Crippen LogP contribution in [0.5, 0.6) is 0 Å². The van der Waals surface area contributed by atoms with Crippen molar-refractivity contribution in [1.82, 2.24) is 15.1 Å². The van der Waals surface area contributed by atoms with Gasteiger partial charge in [0.25, 0.3) is 17.7 Å². The van der Waals surface area contributed by atoms with E-state index in [1.54, 1.807) is 37.3 Å². The maximum absolute atomic E-state index is 13.4. The van der Waals surface area contributed by atoms with Gasteiger partial charge < -0.3 is 25.1 Å². The number of furan rings is 1. The molecule has 214 valence electrons. The largest absolute Gasteiger partial charge is 0.459 e. The van der Waals surface area contributed by atoms with Gasteiger partial charge in [0.2, 0.25) is 0 Å². The first-order chi connectivity index (χ1) is 20.2. The minimum atomic E-state index is -0.757. The first kappa shape index (κ1) is 28.3. The maximum atomic E-state index is 13.4. The number of carbonyl (C=O) groups is 4. The number of benzene rings is 2. The number of carbonyl (C=O) groups excluding carboxylic acids is 4. The highest BCUT2D eigenvalue weighted by molar-refractivity contribution is 7.20. The fraction of sp³-hybridized carbons (Fsp3) is 0.167. The van der Waals surface area contributed by atoms with E-state index in [0.29, 0.717) is 15.1 Å². The van der Waals surface area contributed by atoms with Gasteiger partial charge >= 0.3 is 6.09 Å². The third-order valence-corrected chi connectivity index (χ3v) is 7.45. The van der Waals surface area contributed by atoms with Crippen LogP contribution in [0.4, 0.5) is 16.3 Å². The lowest BCUT2D eigenvalue weighted by molar-refractivity contribution is 0.0914. The number of fused-ring (bicyclic) bond motifs is 1. The molecule has 3 amide bonds. The summed E-state index contributed by atoms with van der Waals surface area (Å²) in [6.45, 7) is 5.55. The van der Waals surface area contributed by atoms with Gasteiger partial charge in [0.1, 0.15) is 4.83 Å². The number of hydrogen-bond donors (Lipinski definition) is 3. The van der Waals surface area contributed by atoms with Crippen LogP contribution in [0.2, 0.25) is 0 Å². The molecule has 0 radical (unpaired) electrons. The molecule has 0 spiro atoms. The van der Waals surface area contributed by atoms with Gasteiger partial charge in [0, 0.05) is 0 Å². The van der Waals surface area contributed by atoms with Gasteiger partial charge in [-0.2, -0.15) is 4.68 Å². The molecule has 12 heteroatoms. The van der Waals surface area contributed by atoms with Crippen LogP contribution in [0.15, 0.2) is 83.5 Å². The van der Waals surface area contributed by atoms with Crippen molar-refractivity contribution >= 4 is 56.9 Å². The Hall–Kier alpha value is -5.23. The third kappa shape index (κ3) is 5.79. The van der Waals surface area contributed by atoms with Gasteiger partial charge in [0.05, 0.1) is 39.9 Å². The molecule has 0 aliphatic heterocycles. The Morgan fingerprint density at radius 1 is 0.929 bits per heavy atom. The topological polar surface area (TPSA) is 145 Å². The predicted molar refractivity (Wildman–Crippen MR) is 158 cm³/mol. The van der Waals surface area contributed by atoms with Crippen LogP contribution in [0.1, 0.15) is 56.9 Å². The monoisotopic (exact) mass is 585 g/mol. The number of nitrogens with one attached hydrogen (secondary N) is 3. The number of thiophene rings is 1. The standard InChI is InChI=1S/C30H27N5O6S/c1-4-40-29(39)35-28-20(17-23(42-28)27(38)33-30(2,3)18-11-6-5-7-12-18)24(34-35)32-25(36)19-13-8-9-14-21(19)31-26(37)22-15-10-16-41-22/h5-17H,4H2,1-3H3,(H,31,37)(H,33,38)(H,32,34,36). The average Bonchev–Trinajstić information content (AvgIpc) is 3.72. The molecule has 11 nitrogen and oxygen atoms in total. The number of rotatable bonds is 8. The molecule has 5 aromatic rings. The maximum Gasteiger partial charge on any atom is 0.436 e. The van der Waals surface area contributed by atoms with Crippen LogP contribution in [0.25, 0.3) is 10.2 Å². The Morgan fingerprint density at radius 3 is 2.38 bits per heavy atom. The first-order valence-electron chi connectivity index (χ1n) is 13.0. The van der Waals surface area contributed by atoms with E-state index in [1.807, 2.05) is 44.2 Å². The normalized spacial score (nSPS) is 11.2. The number of nitrogens with zero attached hydrogens (tertiary/aromatic N) is 2. The summed E-state index contributed by atoms with van der Waals surface area (Å²) >= 11 is 1.04. The summed E-state index contributed by atoms with van der Waals surface area (Å²) in [5.41, 5.74) is 0.630. The molecule has 42 heavy (non-hydrogen) atoms. The number of ether oxygens (including phenoxy) is 1. The zero-order valence-corrected chi connectivity index (χ0v) is 23.8. The minimum absolute atomic E-state index is 0.0489. The van der Waals surface area contributed by atoms with Gasteiger partial charge in [-0.05, 0) is 56.7 Å². The lowest BCUT2D eigenvalue weighted by Gasteiger charge is -2.26. The Bertz CT molecular complexity index is 1770. The van der Waals surface area contributed by atoms with Crippen molar-refractivity contribution in [2.24, 2.45) is 0 Å². The fourth-order valence-corrected chi connectivity index (χ4v) is 5.25. The van der Waals surface area contributed by atoms with Crippen molar-refractivity contribution in [1.29, 1.82) is 0 Å². The predicted octanol–water partition coefficient (Wildman–Crippen LogP) is 5.87. The fourth-order valence-electron chi connectivity index (χ4n) is 4.25. The Morgan fingerprint density at radius 2 is 1.67 bits per heavy atom. The van der Waals surface area contributed by atoms with E-state index in [-0.39, 0.29) is 35.3 Å². The van der Waals surface area contributed by atoms with Crippen molar-refractivity contribution in [2.75, 3.05) is 17.2 Å². The first-order valence-corrected chi connectivity index (χ1v) is 13.8.